The third-order valence-electron chi connectivity index (χ3n) is 5.46. The molecule has 1 unspecified atom stereocenters. The Kier molecular flexibility index (Phi) is 6.60. The summed E-state index contributed by atoms with van der Waals surface area (Å²) in [5, 5.41) is 20.0. The highest BCUT2D eigenvalue weighted by molar-refractivity contribution is 6.06. The number of aliphatic hydroxyl groups is 1. The molecule has 3 aromatic rings. The fourth-order valence-corrected chi connectivity index (χ4v) is 3.82. The maximum Gasteiger partial charge on any atom is 0.255 e. The average Bonchev–Trinajstić information content (AvgIpc) is 3.24. The second-order valence-corrected chi connectivity index (χ2v) is 7.65. The van der Waals surface area contributed by atoms with Crippen molar-refractivity contribution in [3.63, 3.8) is 0 Å². The molecule has 0 bridgehead atoms. The van der Waals surface area contributed by atoms with Crippen molar-refractivity contribution < 1.29 is 19.4 Å². The van der Waals surface area contributed by atoms with E-state index in [-0.39, 0.29) is 12.5 Å². The number of ether oxygens (including phenoxy) is 2. The highest BCUT2D eigenvalue weighted by atomic mass is 16.5. The van der Waals surface area contributed by atoms with Gasteiger partial charge in [0.25, 0.3) is 5.91 Å². The van der Waals surface area contributed by atoms with Gasteiger partial charge in [-0.15, -0.1) is 0 Å². The van der Waals surface area contributed by atoms with E-state index in [1.165, 1.54) is 0 Å². The highest BCUT2D eigenvalue weighted by Gasteiger charge is 2.34. The Bertz CT molecular complexity index is 1170. The van der Waals surface area contributed by atoms with Crippen LogP contribution in [0.15, 0.2) is 59.8 Å². The monoisotopic (exact) mass is 449 g/mol. The highest BCUT2D eigenvalue weighted by Crippen LogP contribution is 2.37. The number of rotatable bonds is 8. The van der Waals surface area contributed by atoms with E-state index >= 15 is 0 Å². The molecule has 0 saturated carbocycles. The number of allylic oxidation sites excluding steroid dienone is 1. The van der Waals surface area contributed by atoms with Gasteiger partial charge in [-0.25, -0.2) is 4.68 Å². The molecule has 2 heterocycles. The Hall–Kier alpha value is -3.85. The molecule has 9 nitrogen and oxygen atoms in total. The number of carbonyl (C=O) groups is 1. The SMILES string of the molecule is COc1ccc(NC(=O)C2=C(C)Nc3nc(CCCO)nn3C2c2cccc(OC)c2)cc1. The van der Waals surface area contributed by atoms with Gasteiger partial charge in [0.05, 0.1) is 19.8 Å². The number of nitrogens with zero attached hydrogens (tertiary/aromatic N) is 3. The molecule has 1 atom stereocenters. The minimum Gasteiger partial charge on any atom is -0.497 e. The van der Waals surface area contributed by atoms with Crippen LogP contribution in [0, 0.1) is 0 Å². The number of aromatic nitrogens is 3. The Morgan fingerprint density at radius 1 is 1.15 bits per heavy atom. The molecule has 1 amide bonds. The number of methoxy groups -OCH3 is 2. The average molecular weight is 450 g/mol. The van der Waals surface area contributed by atoms with Crippen LogP contribution in [0.2, 0.25) is 0 Å². The summed E-state index contributed by atoms with van der Waals surface area (Å²) in [5.41, 5.74) is 2.70. The predicted molar refractivity (Wildman–Crippen MR) is 125 cm³/mol. The summed E-state index contributed by atoms with van der Waals surface area (Å²) in [5.74, 6) is 2.29. The maximum atomic E-state index is 13.5. The Morgan fingerprint density at radius 2 is 1.91 bits per heavy atom. The number of fused-ring (bicyclic) bond motifs is 1. The third-order valence-corrected chi connectivity index (χ3v) is 5.46. The van der Waals surface area contributed by atoms with Gasteiger partial charge in [-0.2, -0.15) is 10.1 Å². The number of hydrogen-bond acceptors (Lipinski definition) is 7. The lowest BCUT2D eigenvalue weighted by Gasteiger charge is -2.29. The van der Waals surface area contributed by atoms with Gasteiger partial charge in [-0.05, 0) is 55.3 Å². The second kappa shape index (κ2) is 9.74. The molecule has 0 saturated heterocycles. The molecule has 3 N–H and O–H groups in total. The zero-order chi connectivity index (χ0) is 23.4. The Balaban J connectivity index is 1.74. The fourth-order valence-electron chi connectivity index (χ4n) is 3.82. The molecule has 0 fully saturated rings. The normalized spacial score (nSPS) is 15.0. The van der Waals surface area contributed by atoms with Crippen molar-refractivity contribution in [1.29, 1.82) is 0 Å². The predicted octanol–water partition coefficient (Wildman–Crippen LogP) is 3.15. The van der Waals surface area contributed by atoms with Crippen LogP contribution in [0.4, 0.5) is 11.6 Å². The summed E-state index contributed by atoms with van der Waals surface area (Å²) in [7, 11) is 3.20. The van der Waals surface area contributed by atoms with E-state index in [9.17, 15) is 9.90 Å². The van der Waals surface area contributed by atoms with Gasteiger partial charge in [0.2, 0.25) is 5.95 Å². The molecule has 0 radical (unpaired) electrons. The first-order chi connectivity index (χ1) is 16.0. The van der Waals surface area contributed by atoms with Gasteiger partial charge in [-0.3, -0.25) is 4.79 Å². The van der Waals surface area contributed by atoms with Crippen LogP contribution in [-0.4, -0.2) is 46.6 Å². The van der Waals surface area contributed by atoms with E-state index in [4.69, 9.17) is 9.47 Å². The summed E-state index contributed by atoms with van der Waals surface area (Å²) in [6.45, 7) is 1.91. The lowest BCUT2D eigenvalue weighted by atomic mass is 9.95. The zero-order valence-corrected chi connectivity index (χ0v) is 18.8. The van der Waals surface area contributed by atoms with Crippen molar-refractivity contribution in [1.82, 2.24) is 14.8 Å². The molecule has 1 aromatic heterocycles. The molecule has 9 heteroatoms. The van der Waals surface area contributed by atoms with Crippen molar-refractivity contribution in [3.05, 3.63) is 71.2 Å². The van der Waals surface area contributed by atoms with Crippen molar-refractivity contribution >= 4 is 17.5 Å². The molecule has 33 heavy (non-hydrogen) atoms. The minimum atomic E-state index is -0.509. The van der Waals surface area contributed by atoms with Gasteiger partial charge in [0.15, 0.2) is 5.82 Å². The molecule has 1 aliphatic heterocycles. The fraction of sp³-hybridized carbons (Fsp3) is 0.292. The number of aliphatic hydroxyl groups excluding tert-OH is 1. The van der Waals surface area contributed by atoms with Crippen LogP contribution in [-0.2, 0) is 11.2 Å². The third kappa shape index (κ3) is 4.68. The molecule has 2 aromatic carbocycles. The molecule has 4 rings (SSSR count). The van der Waals surface area contributed by atoms with Gasteiger partial charge in [-0.1, -0.05) is 12.1 Å². The van der Waals surface area contributed by atoms with Gasteiger partial charge < -0.3 is 25.2 Å². The second-order valence-electron chi connectivity index (χ2n) is 7.65. The molecular weight excluding hydrogens is 422 g/mol. The summed E-state index contributed by atoms with van der Waals surface area (Å²) < 4.78 is 12.3. The smallest absolute Gasteiger partial charge is 0.255 e. The van der Waals surface area contributed by atoms with E-state index in [1.54, 1.807) is 43.2 Å². The van der Waals surface area contributed by atoms with E-state index in [0.717, 1.165) is 5.56 Å². The van der Waals surface area contributed by atoms with Crippen LogP contribution in [0.25, 0.3) is 0 Å². The van der Waals surface area contributed by atoms with Crippen LogP contribution in [0.3, 0.4) is 0 Å². The van der Waals surface area contributed by atoms with Gasteiger partial charge in [0, 0.05) is 24.4 Å². The van der Waals surface area contributed by atoms with Crippen molar-refractivity contribution in [2.45, 2.75) is 25.8 Å². The van der Waals surface area contributed by atoms with Crippen LogP contribution in [0.5, 0.6) is 11.5 Å². The maximum absolute atomic E-state index is 13.5. The standard InChI is InChI=1S/C24H27N5O4/c1-15-21(23(31)26-17-9-11-18(32-2)12-10-17)22(16-6-4-7-19(14-16)33-3)29-24(25-15)27-20(28-29)8-5-13-30/h4,6-7,9-12,14,22,30H,5,8,13H2,1-3H3,(H,26,31)(H,25,27,28). The van der Waals surface area contributed by atoms with E-state index < -0.39 is 6.04 Å². The largest absolute Gasteiger partial charge is 0.497 e. The minimum absolute atomic E-state index is 0.0589. The molecular formula is C24H27N5O4. The number of aryl methyl sites for hydroxylation is 1. The summed E-state index contributed by atoms with van der Waals surface area (Å²) in [4.78, 5) is 18.1. The van der Waals surface area contributed by atoms with Gasteiger partial charge >= 0.3 is 0 Å². The first-order valence-corrected chi connectivity index (χ1v) is 10.7. The molecule has 0 aliphatic carbocycles. The summed E-state index contributed by atoms with van der Waals surface area (Å²) in [6.07, 6.45) is 1.10. The number of hydrogen-bond donors (Lipinski definition) is 3. The van der Waals surface area contributed by atoms with Crippen molar-refractivity contribution in [2.75, 3.05) is 31.5 Å². The van der Waals surface area contributed by atoms with Crippen LogP contribution in [0.1, 0.15) is 30.8 Å². The van der Waals surface area contributed by atoms with Gasteiger partial charge in [0.1, 0.15) is 17.5 Å². The molecule has 172 valence electrons. The Labute approximate surface area is 192 Å². The lowest BCUT2D eigenvalue weighted by molar-refractivity contribution is -0.113. The molecule has 1 aliphatic rings. The van der Waals surface area contributed by atoms with E-state index in [2.05, 4.69) is 20.7 Å². The number of benzene rings is 2. The quantitative estimate of drug-likeness (QED) is 0.484. The van der Waals surface area contributed by atoms with Crippen molar-refractivity contribution in [3.8, 4) is 11.5 Å². The first kappa shape index (κ1) is 22.3. The van der Waals surface area contributed by atoms with Crippen molar-refractivity contribution in [2.24, 2.45) is 0 Å². The number of amides is 1. The van der Waals surface area contributed by atoms with Crippen LogP contribution >= 0.6 is 0 Å². The molecule has 0 spiro atoms. The Morgan fingerprint density at radius 3 is 2.61 bits per heavy atom. The number of anilines is 2. The topological polar surface area (TPSA) is 111 Å². The number of carbonyl (C=O) groups excluding carboxylic acids is 1. The number of nitrogens with one attached hydrogen (secondary N) is 2. The zero-order valence-electron chi connectivity index (χ0n) is 18.8. The van der Waals surface area contributed by atoms with E-state index in [1.807, 2.05) is 31.2 Å². The van der Waals surface area contributed by atoms with Crippen LogP contribution < -0.4 is 20.1 Å². The lowest BCUT2D eigenvalue weighted by Crippen LogP contribution is -2.31. The first-order valence-electron chi connectivity index (χ1n) is 10.7. The summed E-state index contributed by atoms with van der Waals surface area (Å²) >= 11 is 0. The summed E-state index contributed by atoms with van der Waals surface area (Å²) in [6, 6.07) is 14.2. The van der Waals surface area contributed by atoms with E-state index in [0.29, 0.717) is 53.1 Å².